The Balaban J connectivity index is 4.97. The average Bonchev–Trinajstić information content (AvgIpc) is 2.34. The number of amides is 2. The van der Waals surface area contributed by atoms with E-state index in [0.29, 0.717) is 6.42 Å². The number of esters is 1. The van der Waals surface area contributed by atoms with Gasteiger partial charge < -0.3 is 15.4 Å². The zero-order valence-corrected chi connectivity index (χ0v) is 14.6. The molecule has 0 unspecified atom stereocenters. The summed E-state index contributed by atoms with van der Waals surface area (Å²) in [5.41, 5.74) is -2.47. The first-order chi connectivity index (χ1) is 9.77. The molecule has 0 aliphatic heterocycles. The van der Waals surface area contributed by atoms with Crippen molar-refractivity contribution in [3.05, 3.63) is 12.7 Å². The van der Waals surface area contributed by atoms with Crippen molar-refractivity contribution in [3.8, 4) is 0 Å². The summed E-state index contributed by atoms with van der Waals surface area (Å²) in [6.07, 6.45) is 1.50. The minimum atomic E-state index is -1.09. The van der Waals surface area contributed by atoms with E-state index < -0.39 is 22.4 Å². The van der Waals surface area contributed by atoms with Crippen LogP contribution >= 0.6 is 0 Å². The van der Waals surface area contributed by atoms with Crippen molar-refractivity contribution in [3.63, 3.8) is 0 Å². The van der Waals surface area contributed by atoms with E-state index in [0.717, 1.165) is 6.08 Å². The second-order valence-corrected chi connectivity index (χ2v) is 7.21. The lowest BCUT2D eigenvalue weighted by molar-refractivity contribution is -0.152. The van der Waals surface area contributed by atoms with Gasteiger partial charge in [0.05, 0.1) is 12.5 Å². The summed E-state index contributed by atoms with van der Waals surface area (Å²) in [4.78, 5) is 35.5. The molecular formula is C16H28N2O4. The largest absolute Gasteiger partial charge is 0.469 e. The van der Waals surface area contributed by atoms with Crippen molar-refractivity contribution in [2.75, 3.05) is 7.11 Å². The van der Waals surface area contributed by atoms with Gasteiger partial charge in [-0.2, -0.15) is 0 Å². The Morgan fingerprint density at radius 3 is 1.95 bits per heavy atom. The fourth-order valence-electron chi connectivity index (χ4n) is 2.38. The van der Waals surface area contributed by atoms with Gasteiger partial charge in [0.15, 0.2) is 0 Å². The number of carbonyl (C=O) groups is 3. The van der Waals surface area contributed by atoms with Gasteiger partial charge in [0.1, 0.15) is 5.54 Å². The van der Waals surface area contributed by atoms with E-state index in [-0.39, 0.29) is 11.9 Å². The Morgan fingerprint density at radius 1 is 1.05 bits per heavy atom. The molecule has 0 fully saturated rings. The van der Waals surface area contributed by atoms with Crippen LogP contribution in [0.3, 0.4) is 0 Å². The van der Waals surface area contributed by atoms with Gasteiger partial charge in [0.25, 0.3) is 0 Å². The number of methoxy groups -OCH3 is 1. The summed E-state index contributed by atoms with van der Waals surface area (Å²) in [6.45, 7) is 13.7. The van der Waals surface area contributed by atoms with E-state index in [9.17, 15) is 14.4 Å². The molecule has 0 aliphatic rings. The van der Waals surface area contributed by atoms with Crippen LogP contribution in [-0.2, 0) is 19.1 Å². The van der Waals surface area contributed by atoms with E-state index in [2.05, 4.69) is 17.2 Å². The predicted octanol–water partition coefficient (Wildman–Crippen LogP) is 1.55. The molecule has 0 aromatic heterocycles. The minimum absolute atomic E-state index is 0.339. The summed E-state index contributed by atoms with van der Waals surface area (Å²) in [5, 5.41) is 5.43. The number of rotatable bonds is 7. The minimum Gasteiger partial charge on any atom is -0.469 e. The molecule has 0 radical (unpaired) electrons. The fraction of sp³-hybridized carbons (Fsp3) is 0.688. The first kappa shape index (κ1) is 20.1. The summed E-state index contributed by atoms with van der Waals surface area (Å²) >= 11 is 0. The lowest BCUT2D eigenvalue weighted by Gasteiger charge is -2.36. The molecule has 22 heavy (non-hydrogen) atoms. The predicted molar refractivity (Wildman–Crippen MR) is 85.1 cm³/mol. The summed E-state index contributed by atoms with van der Waals surface area (Å²) in [6, 6.07) is 0. The Morgan fingerprint density at radius 2 is 1.55 bits per heavy atom. The van der Waals surface area contributed by atoms with Gasteiger partial charge in [-0.25, -0.2) is 0 Å². The molecule has 0 aromatic carbocycles. The van der Waals surface area contributed by atoms with Gasteiger partial charge in [0.2, 0.25) is 11.8 Å². The Bertz CT molecular complexity index is 465. The maximum atomic E-state index is 12.4. The quantitative estimate of drug-likeness (QED) is 0.552. The number of nitrogens with one attached hydrogen (secondary N) is 2. The fourth-order valence-corrected chi connectivity index (χ4v) is 2.38. The molecule has 6 heteroatoms. The second-order valence-electron chi connectivity index (χ2n) is 7.21. The van der Waals surface area contributed by atoms with Crippen LogP contribution in [-0.4, -0.2) is 36.0 Å². The molecule has 0 saturated carbocycles. The Labute approximate surface area is 132 Å². The lowest BCUT2D eigenvalue weighted by atomic mass is 9.79. The maximum absolute atomic E-state index is 12.4. The topological polar surface area (TPSA) is 84.5 Å². The third kappa shape index (κ3) is 5.87. The third-order valence-electron chi connectivity index (χ3n) is 3.26. The second kappa shape index (κ2) is 6.94. The van der Waals surface area contributed by atoms with Crippen molar-refractivity contribution in [1.82, 2.24) is 10.6 Å². The van der Waals surface area contributed by atoms with Gasteiger partial charge in [-0.15, -0.1) is 0 Å². The molecule has 0 bridgehead atoms. The number of hydrogen-bond donors (Lipinski definition) is 2. The number of ether oxygens (including phenoxy) is 1. The summed E-state index contributed by atoms with van der Waals surface area (Å²) in [5.74, 6) is -1.10. The molecule has 126 valence electrons. The molecule has 2 N–H and O–H groups in total. The van der Waals surface area contributed by atoms with Crippen molar-refractivity contribution in [2.24, 2.45) is 5.41 Å². The van der Waals surface area contributed by atoms with Gasteiger partial charge in [-0.3, -0.25) is 14.4 Å². The first-order valence-corrected chi connectivity index (χ1v) is 7.13. The molecule has 0 heterocycles. The maximum Gasteiger partial charge on any atom is 0.311 e. The molecule has 0 spiro atoms. The third-order valence-corrected chi connectivity index (χ3v) is 3.26. The van der Waals surface area contributed by atoms with Crippen molar-refractivity contribution in [1.29, 1.82) is 0 Å². The van der Waals surface area contributed by atoms with Crippen LogP contribution < -0.4 is 10.6 Å². The van der Waals surface area contributed by atoms with Crippen LogP contribution in [0, 0.1) is 5.41 Å². The van der Waals surface area contributed by atoms with E-state index in [1.165, 1.54) is 7.11 Å². The molecule has 6 nitrogen and oxygen atoms in total. The Hall–Kier alpha value is -1.85. The normalized spacial score (nSPS) is 12.3. The van der Waals surface area contributed by atoms with Crippen LogP contribution in [0.1, 0.15) is 48.0 Å². The van der Waals surface area contributed by atoms with E-state index >= 15 is 0 Å². The van der Waals surface area contributed by atoms with Gasteiger partial charge in [-0.05, 0) is 54.0 Å². The molecule has 2 amide bonds. The summed E-state index contributed by atoms with van der Waals surface area (Å²) < 4.78 is 4.78. The van der Waals surface area contributed by atoms with Gasteiger partial charge in [-0.1, -0.05) is 6.58 Å². The van der Waals surface area contributed by atoms with Crippen LogP contribution in [0.4, 0.5) is 0 Å². The summed E-state index contributed by atoms with van der Waals surface area (Å²) in [7, 11) is 1.34. The van der Waals surface area contributed by atoms with Crippen LogP contribution in [0.15, 0.2) is 12.7 Å². The average molecular weight is 312 g/mol. The van der Waals surface area contributed by atoms with E-state index in [1.807, 2.05) is 13.8 Å². The highest BCUT2D eigenvalue weighted by molar-refractivity contribution is 5.94. The smallest absolute Gasteiger partial charge is 0.311 e. The van der Waals surface area contributed by atoms with Crippen LogP contribution in [0.2, 0.25) is 0 Å². The Kier molecular flexibility index (Phi) is 6.36. The van der Waals surface area contributed by atoms with E-state index in [4.69, 9.17) is 4.74 Å². The van der Waals surface area contributed by atoms with Gasteiger partial charge >= 0.3 is 5.97 Å². The monoisotopic (exact) mass is 312 g/mol. The molecule has 0 aromatic rings. The zero-order chi connectivity index (χ0) is 17.8. The van der Waals surface area contributed by atoms with E-state index in [1.54, 1.807) is 27.7 Å². The van der Waals surface area contributed by atoms with Crippen LogP contribution in [0.25, 0.3) is 0 Å². The SMILES string of the molecule is C=CC(=O)NC(C)(C)C(=O)NC(C)(C)CC(C)(C)C(=O)OC. The molecule has 0 rings (SSSR count). The molecular weight excluding hydrogens is 284 g/mol. The molecule has 0 saturated heterocycles. The first-order valence-electron chi connectivity index (χ1n) is 7.13. The van der Waals surface area contributed by atoms with Crippen LogP contribution in [0.5, 0.6) is 0 Å². The van der Waals surface area contributed by atoms with Gasteiger partial charge in [0, 0.05) is 5.54 Å². The highest BCUT2D eigenvalue weighted by Crippen LogP contribution is 2.29. The molecule has 0 aliphatic carbocycles. The number of hydrogen-bond acceptors (Lipinski definition) is 4. The van der Waals surface area contributed by atoms with Crippen molar-refractivity contribution in [2.45, 2.75) is 59.0 Å². The van der Waals surface area contributed by atoms with Crippen molar-refractivity contribution < 1.29 is 19.1 Å². The zero-order valence-electron chi connectivity index (χ0n) is 14.6. The van der Waals surface area contributed by atoms with Crippen molar-refractivity contribution >= 4 is 17.8 Å². The highest BCUT2D eigenvalue weighted by Gasteiger charge is 2.39. The molecule has 0 atom stereocenters. The lowest BCUT2D eigenvalue weighted by Crippen LogP contribution is -2.59. The number of carbonyl (C=O) groups excluding carboxylic acids is 3. The standard InChI is InChI=1S/C16H28N2O4/c1-9-11(19)17-16(6,7)12(20)18-15(4,5)10-14(2,3)13(21)22-8/h9H,1,10H2,2-8H3,(H,17,19)(H,18,20). The highest BCUT2D eigenvalue weighted by atomic mass is 16.5.